The Bertz CT molecular complexity index is 327. The Hall–Kier alpha value is -1.31. The molecule has 0 bridgehead atoms. The van der Waals surface area contributed by atoms with Crippen LogP contribution in [0.15, 0.2) is 36.5 Å². The third-order valence-electron chi connectivity index (χ3n) is 3.52. The van der Waals surface area contributed by atoms with Crippen LogP contribution < -0.4 is 0 Å². The lowest BCUT2D eigenvalue weighted by Gasteiger charge is -1.99. The van der Waals surface area contributed by atoms with Gasteiger partial charge in [-0.05, 0) is 44.9 Å². The number of carbonyl (C=O) groups is 1. The first kappa shape index (κ1) is 20.7. The Morgan fingerprint density at radius 1 is 0.727 bits per heavy atom. The van der Waals surface area contributed by atoms with Gasteiger partial charge in [0.2, 0.25) is 0 Å². The van der Waals surface area contributed by atoms with Crippen LogP contribution in [0.25, 0.3) is 0 Å². The van der Waals surface area contributed by atoms with Gasteiger partial charge in [-0.3, -0.25) is 4.79 Å². The number of carboxylic acid groups (broad SMARTS) is 1. The molecule has 0 fully saturated rings. The number of hydrogen-bond acceptors (Lipinski definition) is 1. The maximum Gasteiger partial charge on any atom is 0.303 e. The molecule has 0 spiro atoms. The average Bonchev–Trinajstić information content (AvgIpc) is 2.50. The van der Waals surface area contributed by atoms with Gasteiger partial charge in [0.05, 0.1) is 0 Å². The molecule has 2 nitrogen and oxygen atoms in total. The molecular weight excluding hydrogens is 272 g/mol. The summed E-state index contributed by atoms with van der Waals surface area (Å²) in [6.45, 7) is 2.18. The molecule has 0 rings (SSSR count). The van der Waals surface area contributed by atoms with Crippen LogP contribution in [0.3, 0.4) is 0 Å². The van der Waals surface area contributed by atoms with E-state index >= 15 is 0 Å². The minimum Gasteiger partial charge on any atom is -0.481 e. The maximum atomic E-state index is 10.3. The molecule has 0 aliphatic carbocycles. The minimum absolute atomic E-state index is 0.231. The zero-order valence-electron chi connectivity index (χ0n) is 14.3. The lowest BCUT2D eigenvalue weighted by molar-refractivity contribution is -0.136. The van der Waals surface area contributed by atoms with Gasteiger partial charge in [0, 0.05) is 6.42 Å². The summed E-state index contributed by atoms with van der Waals surface area (Å²) in [5.41, 5.74) is 0. The maximum absolute atomic E-state index is 10.3. The molecule has 0 unspecified atom stereocenters. The van der Waals surface area contributed by atoms with E-state index in [1.165, 1.54) is 51.4 Å². The van der Waals surface area contributed by atoms with Gasteiger partial charge < -0.3 is 5.11 Å². The molecule has 0 aromatic rings. The van der Waals surface area contributed by atoms with E-state index in [4.69, 9.17) is 5.11 Å². The lowest BCUT2D eigenvalue weighted by Crippen LogP contribution is -1.91. The SMILES string of the molecule is CC/C=C/CCCCCCCC/C=C/C/C=C/CCC(=O)O. The van der Waals surface area contributed by atoms with Gasteiger partial charge in [-0.2, -0.15) is 0 Å². The fraction of sp³-hybridized carbons (Fsp3) is 0.650. The molecule has 0 aromatic carbocycles. The summed E-state index contributed by atoms with van der Waals surface area (Å²) < 4.78 is 0. The van der Waals surface area contributed by atoms with Gasteiger partial charge in [-0.25, -0.2) is 0 Å². The Labute approximate surface area is 137 Å². The van der Waals surface area contributed by atoms with E-state index in [1.54, 1.807) is 0 Å². The number of allylic oxidation sites excluding steroid dienone is 6. The van der Waals surface area contributed by atoms with Crippen LogP contribution in [-0.4, -0.2) is 11.1 Å². The Morgan fingerprint density at radius 3 is 1.77 bits per heavy atom. The van der Waals surface area contributed by atoms with E-state index in [1.807, 2.05) is 12.2 Å². The van der Waals surface area contributed by atoms with Gasteiger partial charge in [0.1, 0.15) is 0 Å². The standard InChI is InChI=1S/C20H34O2/c1-2-3-4-5-6-7-8-9-10-11-12-13-14-15-16-17-18-19-20(21)22/h3-4,13-14,16-17H,2,5-12,15,18-19H2,1H3,(H,21,22)/b4-3+,14-13+,17-16+. The summed E-state index contributed by atoms with van der Waals surface area (Å²) in [7, 11) is 0. The molecule has 0 aromatic heterocycles. The Kier molecular flexibility index (Phi) is 16.7. The zero-order valence-corrected chi connectivity index (χ0v) is 14.3. The van der Waals surface area contributed by atoms with E-state index in [0.29, 0.717) is 6.42 Å². The second-order valence-corrected chi connectivity index (χ2v) is 5.69. The number of unbranched alkanes of at least 4 members (excludes halogenated alkanes) is 7. The van der Waals surface area contributed by atoms with Crippen molar-refractivity contribution in [1.82, 2.24) is 0 Å². The molecule has 0 aliphatic rings. The molecule has 22 heavy (non-hydrogen) atoms. The first-order chi connectivity index (χ1) is 10.8. The van der Waals surface area contributed by atoms with Crippen molar-refractivity contribution < 1.29 is 9.90 Å². The summed E-state index contributed by atoms with van der Waals surface area (Å²) in [5, 5.41) is 8.49. The molecular formula is C20H34O2. The Morgan fingerprint density at radius 2 is 1.23 bits per heavy atom. The molecule has 0 atom stereocenters. The van der Waals surface area contributed by atoms with Crippen LogP contribution in [0, 0.1) is 0 Å². The first-order valence-corrected chi connectivity index (χ1v) is 8.94. The van der Waals surface area contributed by atoms with E-state index in [2.05, 4.69) is 31.2 Å². The van der Waals surface area contributed by atoms with E-state index in [-0.39, 0.29) is 6.42 Å². The van der Waals surface area contributed by atoms with E-state index < -0.39 is 5.97 Å². The van der Waals surface area contributed by atoms with Crippen molar-refractivity contribution in [2.45, 2.75) is 84.0 Å². The van der Waals surface area contributed by atoms with E-state index in [9.17, 15) is 4.79 Å². The fourth-order valence-electron chi connectivity index (χ4n) is 2.23. The summed E-state index contributed by atoms with van der Waals surface area (Å²) >= 11 is 0. The number of aliphatic carboxylic acids is 1. The minimum atomic E-state index is -0.724. The van der Waals surface area contributed by atoms with Crippen molar-refractivity contribution in [2.24, 2.45) is 0 Å². The Balaban J connectivity index is 3.20. The fourth-order valence-corrected chi connectivity index (χ4v) is 2.23. The van der Waals surface area contributed by atoms with Crippen LogP contribution in [0.1, 0.15) is 84.0 Å². The monoisotopic (exact) mass is 306 g/mol. The van der Waals surface area contributed by atoms with E-state index in [0.717, 1.165) is 12.8 Å². The largest absolute Gasteiger partial charge is 0.481 e. The van der Waals surface area contributed by atoms with Crippen molar-refractivity contribution in [3.8, 4) is 0 Å². The highest BCUT2D eigenvalue weighted by atomic mass is 16.4. The summed E-state index contributed by atoms with van der Waals surface area (Å²) in [5.74, 6) is -0.724. The first-order valence-electron chi connectivity index (χ1n) is 8.94. The quantitative estimate of drug-likeness (QED) is 0.279. The van der Waals surface area contributed by atoms with Gasteiger partial charge in [-0.15, -0.1) is 0 Å². The molecule has 1 N–H and O–H groups in total. The summed E-state index contributed by atoms with van der Waals surface area (Å²) in [6, 6.07) is 0. The highest BCUT2D eigenvalue weighted by Gasteiger charge is 1.91. The van der Waals surface area contributed by atoms with Crippen LogP contribution in [-0.2, 0) is 4.79 Å². The third kappa shape index (κ3) is 18.7. The van der Waals surface area contributed by atoms with Crippen LogP contribution in [0.5, 0.6) is 0 Å². The van der Waals surface area contributed by atoms with Crippen molar-refractivity contribution in [3.05, 3.63) is 36.5 Å². The molecule has 0 aliphatic heterocycles. The van der Waals surface area contributed by atoms with Gasteiger partial charge >= 0.3 is 5.97 Å². The molecule has 0 saturated heterocycles. The topological polar surface area (TPSA) is 37.3 Å². The second-order valence-electron chi connectivity index (χ2n) is 5.69. The average molecular weight is 306 g/mol. The van der Waals surface area contributed by atoms with Crippen LogP contribution in [0.2, 0.25) is 0 Å². The highest BCUT2D eigenvalue weighted by Crippen LogP contribution is 2.09. The highest BCUT2D eigenvalue weighted by molar-refractivity contribution is 5.66. The molecule has 0 radical (unpaired) electrons. The molecule has 0 heterocycles. The van der Waals surface area contributed by atoms with Crippen molar-refractivity contribution in [1.29, 1.82) is 0 Å². The smallest absolute Gasteiger partial charge is 0.303 e. The van der Waals surface area contributed by atoms with Crippen LogP contribution >= 0.6 is 0 Å². The number of rotatable bonds is 15. The zero-order chi connectivity index (χ0) is 16.3. The van der Waals surface area contributed by atoms with Gasteiger partial charge in [0.25, 0.3) is 0 Å². The summed E-state index contributed by atoms with van der Waals surface area (Å²) in [6.07, 6.45) is 26.4. The van der Waals surface area contributed by atoms with Crippen molar-refractivity contribution in [3.63, 3.8) is 0 Å². The number of carboxylic acids is 1. The van der Waals surface area contributed by atoms with Crippen molar-refractivity contribution >= 4 is 5.97 Å². The predicted molar refractivity (Wildman–Crippen MR) is 96.1 cm³/mol. The van der Waals surface area contributed by atoms with Crippen molar-refractivity contribution in [2.75, 3.05) is 0 Å². The second kappa shape index (κ2) is 17.7. The predicted octanol–water partition coefficient (Wildman–Crippen LogP) is 6.44. The van der Waals surface area contributed by atoms with Crippen LogP contribution in [0.4, 0.5) is 0 Å². The number of hydrogen-bond donors (Lipinski definition) is 1. The van der Waals surface area contributed by atoms with Gasteiger partial charge in [-0.1, -0.05) is 69.1 Å². The molecule has 2 heteroatoms. The molecule has 126 valence electrons. The third-order valence-corrected chi connectivity index (χ3v) is 3.52. The lowest BCUT2D eigenvalue weighted by atomic mass is 10.1. The summed E-state index contributed by atoms with van der Waals surface area (Å²) in [4.78, 5) is 10.3. The van der Waals surface area contributed by atoms with Gasteiger partial charge in [0.15, 0.2) is 0 Å². The normalized spacial score (nSPS) is 12.0. The molecule has 0 amide bonds. The molecule has 0 saturated carbocycles.